The van der Waals surface area contributed by atoms with Gasteiger partial charge in [-0.2, -0.15) is 0 Å². The van der Waals surface area contributed by atoms with Crippen molar-refractivity contribution in [2.75, 3.05) is 18.5 Å². The minimum atomic E-state index is -0.935. The number of anilines is 1. The predicted molar refractivity (Wildman–Crippen MR) is 74.1 cm³/mol. The van der Waals surface area contributed by atoms with E-state index >= 15 is 0 Å². The molecule has 0 bridgehead atoms. The van der Waals surface area contributed by atoms with Crippen LogP contribution >= 0.6 is 11.3 Å². The molecule has 1 saturated heterocycles. The third-order valence-corrected chi connectivity index (χ3v) is 5.23. The molecule has 1 N–H and O–H groups in total. The molecule has 2 fully saturated rings. The van der Waals surface area contributed by atoms with Gasteiger partial charge in [0.1, 0.15) is 0 Å². The Morgan fingerprint density at radius 1 is 1.43 bits per heavy atom. The summed E-state index contributed by atoms with van der Waals surface area (Å²) in [5, 5.41) is 3.13. The molecular weight excluding hydrogens is 298 g/mol. The van der Waals surface area contributed by atoms with Crippen LogP contribution in [0, 0.1) is 23.0 Å². The standard InChI is InChI=1S/C14H12F2N2O2S/c15-8-3-10-11(4-9(8)16)21-13(17-10)18-12(19)7-5-14(7)1-2-20-6-14/h3-4,7H,1-2,5-6H2,(H,17,18,19). The second-order valence-corrected chi connectivity index (χ2v) is 6.69. The summed E-state index contributed by atoms with van der Waals surface area (Å²) in [7, 11) is 0. The highest BCUT2D eigenvalue weighted by atomic mass is 32.1. The lowest BCUT2D eigenvalue weighted by molar-refractivity contribution is -0.118. The molecule has 4 rings (SSSR count). The Bertz CT molecular complexity index is 701. The molecule has 4 nitrogen and oxygen atoms in total. The Balaban J connectivity index is 1.53. The van der Waals surface area contributed by atoms with Crippen LogP contribution in [0.5, 0.6) is 0 Å². The molecule has 110 valence electrons. The number of halogens is 2. The van der Waals surface area contributed by atoms with Gasteiger partial charge in [0.05, 0.1) is 16.8 Å². The molecule has 1 aromatic heterocycles. The van der Waals surface area contributed by atoms with Crippen LogP contribution in [0.4, 0.5) is 13.9 Å². The summed E-state index contributed by atoms with van der Waals surface area (Å²) in [6.07, 6.45) is 1.76. The maximum atomic E-state index is 13.2. The molecule has 21 heavy (non-hydrogen) atoms. The van der Waals surface area contributed by atoms with Gasteiger partial charge in [0.2, 0.25) is 5.91 Å². The largest absolute Gasteiger partial charge is 0.381 e. The molecule has 2 unspecified atom stereocenters. The lowest BCUT2D eigenvalue weighted by atomic mass is 10.0. The number of nitrogens with zero attached hydrogens (tertiary/aromatic N) is 1. The van der Waals surface area contributed by atoms with Gasteiger partial charge in [-0.3, -0.25) is 4.79 Å². The first-order valence-electron chi connectivity index (χ1n) is 6.72. The number of thiazole rings is 1. The van der Waals surface area contributed by atoms with E-state index in [9.17, 15) is 13.6 Å². The number of benzene rings is 1. The number of fused-ring (bicyclic) bond motifs is 1. The zero-order valence-electron chi connectivity index (χ0n) is 11.0. The third-order valence-electron chi connectivity index (χ3n) is 4.30. The number of carbonyl (C=O) groups is 1. The van der Waals surface area contributed by atoms with Crippen LogP contribution in [-0.2, 0) is 9.53 Å². The molecule has 1 aliphatic heterocycles. The maximum absolute atomic E-state index is 13.2. The smallest absolute Gasteiger partial charge is 0.229 e. The Morgan fingerprint density at radius 3 is 3.00 bits per heavy atom. The number of hydrogen-bond acceptors (Lipinski definition) is 4. The molecular formula is C14H12F2N2O2S. The second-order valence-electron chi connectivity index (χ2n) is 5.66. The van der Waals surface area contributed by atoms with Crippen LogP contribution < -0.4 is 5.32 Å². The molecule has 1 aliphatic carbocycles. The number of carbonyl (C=O) groups excluding carboxylic acids is 1. The van der Waals surface area contributed by atoms with E-state index in [1.165, 1.54) is 0 Å². The highest BCUT2D eigenvalue weighted by Crippen LogP contribution is 2.58. The summed E-state index contributed by atoms with van der Waals surface area (Å²) in [4.78, 5) is 16.3. The average molecular weight is 310 g/mol. The highest BCUT2D eigenvalue weighted by molar-refractivity contribution is 7.22. The van der Waals surface area contributed by atoms with Crippen LogP contribution in [-0.4, -0.2) is 24.1 Å². The van der Waals surface area contributed by atoms with Crippen LogP contribution in [0.1, 0.15) is 12.8 Å². The number of rotatable bonds is 2. The van der Waals surface area contributed by atoms with Gasteiger partial charge in [-0.15, -0.1) is 0 Å². The molecule has 2 atom stereocenters. The van der Waals surface area contributed by atoms with Crippen molar-refractivity contribution in [3.05, 3.63) is 23.8 Å². The van der Waals surface area contributed by atoms with Crippen LogP contribution in [0.3, 0.4) is 0 Å². The molecule has 2 heterocycles. The van der Waals surface area contributed by atoms with E-state index in [2.05, 4.69) is 10.3 Å². The SMILES string of the molecule is O=C(Nc1nc2cc(F)c(F)cc2s1)C1CC12CCOC2. The fraction of sp³-hybridized carbons (Fsp3) is 0.429. The van der Waals surface area contributed by atoms with Crippen molar-refractivity contribution >= 4 is 32.6 Å². The summed E-state index contributed by atoms with van der Waals surface area (Å²) in [5.41, 5.74) is 0.364. The lowest BCUT2D eigenvalue weighted by Crippen LogP contribution is -2.18. The van der Waals surface area contributed by atoms with Crippen molar-refractivity contribution in [3.8, 4) is 0 Å². The molecule has 2 aliphatic rings. The van der Waals surface area contributed by atoms with Gasteiger partial charge in [0.15, 0.2) is 16.8 Å². The van der Waals surface area contributed by atoms with E-state index < -0.39 is 11.6 Å². The summed E-state index contributed by atoms with van der Waals surface area (Å²) >= 11 is 1.14. The van der Waals surface area contributed by atoms with Crippen molar-refractivity contribution in [2.24, 2.45) is 11.3 Å². The second kappa shape index (κ2) is 4.45. The summed E-state index contributed by atoms with van der Waals surface area (Å²) in [6.45, 7) is 1.35. The van der Waals surface area contributed by atoms with E-state index in [4.69, 9.17) is 4.74 Å². The number of hydrogen-bond donors (Lipinski definition) is 1. The number of aromatic nitrogens is 1. The summed E-state index contributed by atoms with van der Waals surface area (Å²) in [6, 6.07) is 2.14. The Morgan fingerprint density at radius 2 is 2.24 bits per heavy atom. The van der Waals surface area contributed by atoms with Gasteiger partial charge in [0.25, 0.3) is 0 Å². The van der Waals surface area contributed by atoms with E-state index in [1.807, 2.05) is 0 Å². The number of ether oxygens (including phenoxy) is 1. The molecule has 2 aromatic rings. The van der Waals surface area contributed by atoms with Crippen LogP contribution in [0.25, 0.3) is 10.2 Å². The van der Waals surface area contributed by atoms with Gasteiger partial charge in [-0.05, 0) is 18.9 Å². The Kier molecular flexibility index (Phi) is 2.77. The van der Waals surface area contributed by atoms with Crippen LogP contribution in [0.15, 0.2) is 12.1 Å². The fourth-order valence-corrected chi connectivity index (χ4v) is 3.82. The molecule has 1 aromatic carbocycles. The number of nitrogens with one attached hydrogen (secondary N) is 1. The molecule has 1 amide bonds. The highest BCUT2D eigenvalue weighted by Gasteiger charge is 2.59. The van der Waals surface area contributed by atoms with Crippen molar-refractivity contribution in [1.82, 2.24) is 4.98 Å². The van der Waals surface area contributed by atoms with Gasteiger partial charge < -0.3 is 10.1 Å². The average Bonchev–Trinajstić information content (AvgIpc) is 2.75. The maximum Gasteiger partial charge on any atom is 0.229 e. The zero-order valence-corrected chi connectivity index (χ0v) is 11.8. The minimum Gasteiger partial charge on any atom is -0.381 e. The first-order chi connectivity index (χ1) is 10.1. The van der Waals surface area contributed by atoms with Gasteiger partial charge in [-0.25, -0.2) is 13.8 Å². The Hall–Kier alpha value is -1.60. The fourth-order valence-electron chi connectivity index (χ4n) is 2.95. The molecule has 1 spiro atoms. The minimum absolute atomic E-state index is 0.0129. The first-order valence-corrected chi connectivity index (χ1v) is 7.53. The quantitative estimate of drug-likeness (QED) is 0.928. The monoisotopic (exact) mass is 310 g/mol. The molecule has 7 heteroatoms. The van der Waals surface area contributed by atoms with E-state index in [-0.39, 0.29) is 17.2 Å². The Labute approximate surface area is 123 Å². The van der Waals surface area contributed by atoms with Gasteiger partial charge in [0, 0.05) is 24.0 Å². The van der Waals surface area contributed by atoms with Crippen molar-refractivity contribution in [3.63, 3.8) is 0 Å². The normalized spacial score (nSPS) is 27.4. The van der Waals surface area contributed by atoms with Crippen LogP contribution in [0.2, 0.25) is 0 Å². The van der Waals surface area contributed by atoms with E-state index in [1.54, 1.807) is 0 Å². The van der Waals surface area contributed by atoms with Crippen molar-refractivity contribution in [2.45, 2.75) is 12.8 Å². The van der Waals surface area contributed by atoms with Crippen molar-refractivity contribution in [1.29, 1.82) is 0 Å². The lowest BCUT2D eigenvalue weighted by Gasteiger charge is -2.05. The van der Waals surface area contributed by atoms with Gasteiger partial charge >= 0.3 is 0 Å². The third kappa shape index (κ3) is 2.11. The molecule has 0 radical (unpaired) electrons. The van der Waals surface area contributed by atoms with E-state index in [0.717, 1.165) is 36.3 Å². The van der Waals surface area contributed by atoms with E-state index in [0.29, 0.717) is 28.6 Å². The first kappa shape index (κ1) is 13.1. The molecule has 1 saturated carbocycles. The summed E-state index contributed by atoms with van der Waals surface area (Å²) < 4.78 is 32.2. The van der Waals surface area contributed by atoms with Gasteiger partial charge in [-0.1, -0.05) is 11.3 Å². The zero-order chi connectivity index (χ0) is 14.6. The topological polar surface area (TPSA) is 51.2 Å². The van der Waals surface area contributed by atoms with Crippen molar-refractivity contribution < 1.29 is 18.3 Å². The summed E-state index contributed by atoms with van der Waals surface area (Å²) in [5.74, 6) is -1.97. The predicted octanol–water partition coefficient (Wildman–Crippen LogP) is 2.94. The number of amides is 1.